The molecule has 0 heterocycles. The molecule has 26 heavy (non-hydrogen) atoms. The molecule has 0 atom stereocenters. The van der Waals surface area contributed by atoms with E-state index in [1.54, 1.807) is 24.3 Å². The van der Waals surface area contributed by atoms with E-state index in [0.717, 1.165) is 23.7 Å². The van der Waals surface area contributed by atoms with E-state index in [0.29, 0.717) is 11.3 Å². The predicted molar refractivity (Wildman–Crippen MR) is 105 cm³/mol. The van der Waals surface area contributed by atoms with E-state index in [2.05, 4.69) is 38.7 Å². The van der Waals surface area contributed by atoms with Crippen LogP contribution >= 0.6 is 15.9 Å². The summed E-state index contributed by atoms with van der Waals surface area (Å²) in [6, 6.07) is 12.2. The Balaban J connectivity index is 1.88. The van der Waals surface area contributed by atoms with E-state index in [4.69, 9.17) is 0 Å². The molecule has 0 unspecified atom stereocenters. The molecule has 7 heteroatoms. The number of hydrogen-bond donors (Lipinski definition) is 3. The lowest BCUT2D eigenvalue weighted by Crippen LogP contribution is -2.32. The van der Waals surface area contributed by atoms with Crippen molar-refractivity contribution in [2.24, 2.45) is 5.10 Å². The van der Waals surface area contributed by atoms with Crippen LogP contribution in [0.25, 0.3) is 0 Å². The Kier molecular flexibility index (Phi) is 7.35. The fourth-order valence-electron chi connectivity index (χ4n) is 2.16. The lowest BCUT2D eigenvalue weighted by atomic mass is 10.1. The van der Waals surface area contributed by atoms with E-state index in [1.807, 2.05) is 12.1 Å². The van der Waals surface area contributed by atoms with Gasteiger partial charge in [0, 0.05) is 15.7 Å². The molecule has 0 fully saturated rings. The van der Waals surface area contributed by atoms with Crippen molar-refractivity contribution in [1.82, 2.24) is 5.43 Å². The van der Waals surface area contributed by atoms with Crippen molar-refractivity contribution in [2.75, 3.05) is 5.32 Å². The first-order valence-corrected chi connectivity index (χ1v) is 9.00. The number of halogens is 1. The predicted octanol–water partition coefficient (Wildman–Crippen LogP) is 3.59. The van der Waals surface area contributed by atoms with Gasteiger partial charge in [-0.1, -0.05) is 41.4 Å². The molecule has 0 spiro atoms. The van der Waals surface area contributed by atoms with Crippen LogP contribution in [0.15, 0.2) is 52.0 Å². The molecule has 0 aliphatic heterocycles. The minimum atomic E-state index is -0.897. The topological polar surface area (TPSA) is 90.8 Å². The number of hydrazone groups is 1. The van der Waals surface area contributed by atoms with Crippen LogP contribution in [-0.4, -0.2) is 23.1 Å². The average Bonchev–Trinajstić information content (AvgIpc) is 2.63. The summed E-state index contributed by atoms with van der Waals surface area (Å²) >= 11 is 3.27. The molecular weight excluding hydrogens is 398 g/mol. The molecule has 0 saturated heterocycles. The molecule has 0 bridgehead atoms. The number of rotatable bonds is 6. The van der Waals surface area contributed by atoms with Crippen LogP contribution in [-0.2, 0) is 16.0 Å². The normalized spacial score (nSPS) is 10.7. The van der Waals surface area contributed by atoms with Crippen molar-refractivity contribution in [3.63, 3.8) is 0 Å². The van der Waals surface area contributed by atoms with Crippen molar-refractivity contribution < 1.29 is 14.7 Å². The molecule has 2 rings (SSSR count). The number of carbonyl (C=O) groups is 2. The zero-order valence-electron chi connectivity index (χ0n) is 14.3. The van der Waals surface area contributed by atoms with Gasteiger partial charge in [0.2, 0.25) is 0 Å². The number of aromatic hydroxyl groups is 1. The zero-order valence-corrected chi connectivity index (χ0v) is 15.9. The molecule has 0 aliphatic carbocycles. The van der Waals surface area contributed by atoms with Gasteiger partial charge in [-0.2, -0.15) is 5.10 Å². The number of unbranched alkanes of at least 4 members (excludes halogenated alkanes) is 1. The summed E-state index contributed by atoms with van der Waals surface area (Å²) < 4.78 is 0.753. The maximum atomic E-state index is 11.9. The van der Waals surface area contributed by atoms with Gasteiger partial charge in [0.15, 0.2) is 0 Å². The standard InChI is InChI=1S/C19H20BrN3O3/c1-2-3-4-13-5-8-16(9-6-13)22-18(25)19(26)23-21-12-14-11-15(20)7-10-17(14)24/h5-12,24H,2-4H2,1H3,(H,22,25)(H,23,26). The maximum Gasteiger partial charge on any atom is 0.329 e. The number of hydrogen-bond acceptors (Lipinski definition) is 4. The molecule has 6 nitrogen and oxygen atoms in total. The molecule has 2 aromatic rings. The Morgan fingerprint density at radius 3 is 2.58 bits per heavy atom. The first kappa shape index (κ1) is 19.7. The molecule has 2 amide bonds. The van der Waals surface area contributed by atoms with E-state index in [-0.39, 0.29) is 5.75 Å². The molecule has 2 aromatic carbocycles. The monoisotopic (exact) mass is 417 g/mol. The average molecular weight is 418 g/mol. The van der Waals surface area contributed by atoms with Crippen molar-refractivity contribution in [1.29, 1.82) is 0 Å². The van der Waals surface area contributed by atoms with E-state index in [1.165, 1.54) is 17.8 Å². The SMILES string of the molecule is CCCCc1ccc(NC(=O)C(=O)NN=Cc2cc(Br)ccc2O)cc1. The van der Waals surface area contributed by atoms with Crippen molar-refractivity contribution >= 4 is 39.6 Å². The second-order valence-electron chi connectivity index (χ2n) is 5.66. The molecule has 136 valence electrons. The Labute approximate surface area is 160 Å². The maximum absolute atomic E-state index is 11.9. The number of nitrogens with one attached hydrogen (secondary N) is 2. The van der Waals surface area contributed by atoms with Crippen LogP contribution in [0.4, 0.5) is 5.69 Å². The van der Waals surface area contributed by atoms with Crippen molar-refractivity contribution in [2.45, 2.75) is 26.2 Å². The number of anilines is 1. The van der Waals surface area contributed by atoms with Gasteiger partial charge in [-0.25, -0.2) is 5.43 Å². The van der Waals surface area contributed by atoms with Crippen LogP contribution in [0, 0.1) is 0 Å². The fourth-order valence-corrected chi connectivity index (χ4v) is 2.54. The highest BCUT2D eigenvalue weighted by molar-refractivity contribution is 9.10. The largest absolute Gasteiger partial charge is 0.507 e. The van der Waals surface area contributed by atoms with Crippen LogP contribution in [0.1, 0.15) is 30.9 Å². The highest BCUT2D eigenvalue weighted by Crippen LogP contribution is 2.19. The molecule has 0 saturated carbocycles. The fraction of sp³-hybridized carbons (Fsp3) is 0.211. The third-order valence-corrected chi connectivity index (χ3v) is 4.09. The Morgan fingerprint density at radius 1 is 1.15 bits per heavy atom. The van der Waals surface area contributed by atoms with Crippen LogP contribution in [0.5, 0.6) is 5.75 Å². The summed E-state index contributed by atoms with van der Waals surface area (Å²) in [4.78, 5) is 23.7. The first-order valence-electron chi connectivity index (χ1n) is 8.21. The number of nitrogens with zero attached hydrogens (tertiary/aromatic N) is 1. The van der Waals surface area contributed by atoms with E-state index >= 15 is 0 Å². The molecule has 0 aromatic heterocycles. The number of carbonyl (C=O) groups excluding carboxylic acids is 2. The number of benzene rings is 2. The third kappa shape index (κ3) is 6.00. The lowest BCUT2D eigenvalue weighted by Gasteiger charge is -2.05. The smallest absolute Gasteiger partial charge is 0.329 e. The summed E-state index contributed by atoms with van der Waals surface area (Å²) in [5.41, 5.74) is 4.26. The minimum Gasteiger partial charge on any atom is -0.507 e. The molecule has 0 radical (unpaired) electrons. The van der Waals surface area contributed by atoms with Gasteiger partial charge in [0.25, 0.3) is 0 Å². The van der Waals surface area contributed by atoms with E-state index < -0.39 is 11.8 Å². The van der Waals surface area contributed by atoms with Gasteiger partial charge in [0.05, 0.1) is 6.21 Å². The number of aryl methyl sites for hydroxylation is 1. The third-order valence-electron chi connectivity index (χ3n) is 3.60. The molecule has 0 aliphatic rings. The summed E-state index contributed by atoms with van der Waals surface area (Å²) in [5, 5.41) is 15.9. The second-order valence-corrected chi connectivity index (χ2v) is 6.57. The van der Waals surface area contributed by atoms with Crippen molar-refractivity contribution in [3.8, 4) is 5.75 Å². The van der Waals surface area contributed by atoms with Gasteiger partial charge in [-0.15, -0.1) is 0 Å². The van der Waals surface area contributed by atoms with Gasteiger partial charge in [-0.05, 0) is 48.7 Å². The molecule has 3 N–H and O–H groups in total. The summed E-state index contributed by atoms with van der Waals surface area (Å²) in [5.74, 6) is -1.70. The molecular formula is C19H20BrN3O3. The zero-order chi connectivity index (χ0) is 18.9. The van der Waals surface area contributed by atoms with Crippen LogP contribution in [0.2, 0.25) is 0 Å². The van der Waals surface area contributed by atoms with E-state index in [9.17, 15) is 14.7 Å². The van der Waals surface area contributed by atoms with Gasteiger partial charge < -0.3 is 10.4 Å². The lowest BCUT2D eigenvalue weighted by molar-refractivity contribution is -0.136. The number of phenolic OH excluding ortho intramolecular Hbond substituents is 1. The summed E-state index contributed by atoms with van der Waals surface area (Å²) in [7, 11) is 0. The number of phenols is 1. The Hall–Kier alpha value is -2.67. The quantitative estimate of drug-likeness (QED) is 0.381. The minimum absolute atomic E-state index is 0.0128. The second kappa shape index (κ2) is 9.72. The Morgan fingerprint density at radius 2 is 1.88 bits per heavy atom. The van der Waals surface area contributed by atoms with Crippen LogP contribution in [0.3, 0.4) is 0 Å². The highest BCUT2D eigenvalue weighted by atomic mass is 79.9. The highest BCUT2D eigenvalue weighted by Gasteiger charge is 2.12. The van der Waals surface area contributed by atoms with Crippen molar-refractivity contribution in [3.05, 3.63) is 58.1 Å². The number of amides is 2. The van der Waals surface area contributed by atoms with Gasteiger partial charge in [-0.3, -0.25) is 9.59 Å². The summed E-state index contributed by atoms with van der Waals surface area (Å²) in [6.45, 7) is 2.13. The summed E-state index contributed by atoms with van der Waals surface area (Å²) in [6.07, 6.45) is 4.48. The Bertz CT molecular complexity index is 804. The van der Waals surface area contributed by atoms with Gasteiger partial charge >= 0.3 is 11.8 Å². The van der Waals surface area contributed by atoms with Crippen LogP contribution < -0.4 is 10.7 Å². The first-order chi connectivity index (χ1) is 12.5. The van der Waals surface area contributed by atoms with Gasteiger partial charge in [0.1, 0.15) is 5.75 Å².